The van der Waals surface area contributed by atoms with Gasteiger partial charge in [-0.05, 0) is 41.8 Å². The lowest BCUT2D eigenvalue weighted by atomic mass is 10.1. The molecule has 0 saturated heterocycles. The smallest absolute Gasteiger partial charge is 0.308 e. The maximum atomic E-state index is 10.8. The van der Waals surface area contributed by atoms with Crippen molar-refractivity contribution in [1.82, 2.24) is 0 Å². The van der Waals surface area contributed by atoms with Crippen LogP contribution in [0.25, 0.3) is 0 Å². The molecule has 110 valence electrons. The monoisotopic (exact) mass is 284 g/mol. The van der Waals surface area contributed by atoms with Crippen molar-refractivity contribution in [1.29, 1.82) is 0 Å². The Balaban J connectivity index is 1.88. The van der Waals surface area contributed by atoms with E-state index in [4.69, 9.17) is 9.47 Å². The number of hydrogen-bond acceptors (Lipinski definition) is 3. The first kappa shape index (κ1) is 15.1. The van der Waals surface area contributed by atoms with Crippen LogP contribution in [0.15, 0.2) is 48.5 Å². The molecule has 0 heterocycles. The van der Waals surface area contributed by atoms with Crippen molar-refractivity contribution in [2.24, 2.45) is 0 Å². The van der Waals surface area contributed by atoms with Crippen LogP contribution in [0.2, 0.25) is 0 Å². The fourth-order valence-corrected chi connectivity index (χ4v) is 2.03. The molecule has 3 nitrogen and oxygen atoms in total. The van der Waals surface area contributed by atoms with Gasteiger partial charge in [0.05, 0.1) is 0 Å². The molecule has 0 amide bonds. The van der Waals surface area contributed by atoms with Crippen LogP contribution in [0.4, 0.5) is 0 Å². The Hall–Kier alpha value is -2.29. The lowest BCUT2D eigenvalue weighted by Crippen LogP contribution is -2.01. The Kier molecular flexibility index (Phi) is 5.38. The lowest BCUT2D eigenvalue weighted by molar-refractivity contribution is -0.131. The molecular weight excluding hydrogens is 264 g/mol. The van der Waals surface area contributed by atoms with Gasteiger partial charge in [0, 0.05) is 6.92 Å². The van der Waals surface area contributed by atoms with Crippen LogP contribution in [-0.2, 0) is 17.8 Å². The Morgan fingerprint density at radius 1 is 0.905 bits per heavy atom. The highest BCUT2D eigenvalue weighted by atomic mass is 16.5. The van der Waals surface area contributed by atoms with Crippen molar-refractivity contribution in [3.8, 4) is 11.5 Å². The van der Waals surface area contributed by atoms with Crippen LogP contribution in [0.1, 0.15) is 31.4 Å². The molecule has 0 N–H and O–H groups in total. The zero-order valence-corrected chi connectivity index (χ0v) is 12.5. The second-order valence-corrected chi connectivity index (χ2v) is 4.92. The first-order chi connectivity index (χ1) is 10.2. The maximum Gasteiger partial charge on any atom is 0.308 e. The summed E-state index contributed by atoms with van der Waals surface area (Å²) in [5, 5.41) is 0. The molecule has 0 aliphatic rings. The van der Waals surface area contributed by atoms with E-state index in [9.17, 15) is 4.79 Å². The van der Waals surface area contributed by atoms with Gasteiger partial charge < -0.3 is 9.47 Å². The van der Waals surface area contributed by atoms with Crippen molar-refractivity contribution in [3.05, 3.63) is 59.7 Å². The van der Waals surface area contributed by atoms with Crippen LogP contribution in [0.5, 0.6) is 11.5 Å². The Bertz CT molecular complexity index is 570. The van der Waals surface area contributed by atoms with Gasteiger partial charge in [0.15, 0.2) is 0 Å². The standard InChI is InChI=1S/C18H20O3/c1-3-4-15-5-7-16(8-6-15)13-20-17-9-11-18(12-10-17)21-14(2)19/h5-12H,3-4,13H2,1-2H3. The van der Waals surface area contributed by atoms with Crippen molar-refractivity contribution in [3.63, 3.8) is 0 Å². The third-order valence-electron chi connectivity index (χ3n) is 3.05. The van der Waals surface area contributed by atoms with E-state index >= 15 is 0 Å². The Morgan fingerprint density at radius 2 is 1.48 bits per heavy atom. The number of benzene rings is 2. The molecule has 0 aromatic heterocycles. The summed E-state index contributed by atoms with van der Waals surface area (Å²) in [6.45, 7) is 4.09. The number of carbonyl (C=O) groups is 1. The predicted molar refractivity (Wildman–Crippen MR) is 82.5 cm³/mol. The first-order valence-corrected chi connectivity index (χ1v) is 7.16. The second kappa shape index (κ2) is 7.48. The van der Waals surface area contributed by atoms with Gasteiger partial charge in [0.25, 0.3) is 0 Å². The van der Waals surface area contributed by atoms with Gasteiger partial charge in [-0.2, -0.15) is 0 Å². The second-order valence-electron chi connectivity index (χ2n) is 4.92. The minimum absolute atomic E-state index is 0.323. The zero-order valence-electron chi connectivity index (χ0n) is 12.5. The lowest BCUT2D eigenvalue weighted by Gasteiger charge is -2.08. The number of aryl methyl sites for hydroxylation is 1. The Labute approximate surface area is 125 Å². The summed E-state index contributed by atoms with van der Waals surface area (Å²) in [5.74, 6) is 0.957. The average Bonchev–Trinajstić information content (AvgIpc) is 2.48. The molecule has 2 aromatic rings. The molecule has 0 saturated carbocycles. The predicted octanol–water partition coefficient (Wildman–Crippen LogP) is 4.14. The van der Waals surface area contributed by atoms with Gasteiger partial charge in [0.1, 0.15) is 18.1 Å². The van der Waals surface area contributed by atoms with Crippen LogP contribution >= 0.6 is 0 Å². The van der Waals surface area contributed by atoms with Gasteiger partial charge in [-0.25, -0.2) is 0 Å². The van der Waals surface area contributed by atoms with E-state index in [-0.39, 0.29) is 5.97 Å². The number of esters is 1. The third-order valence-corrected chi connectivity index (χ3v) is 3.05. The molecule has 0 fully saturated rings. The topological polar surface area (TPSA) is 35.5 Å². The molecule has 0 atom stereocenters. The molecule has 0 radical (unpaired) electrons. The largest absolute Gasteiger partial charge is 0.489 e. The molecule has 0 unspecified atom stereocenters. The Morgan fingerprint density at radius 3 is 2.05 bits per heavy atom. The highest BCUT2D eigenvalue weighted by Gasteiger charge is 2.00. The summed E-state index contributed by atoms with van der Waals surface area (Å²) >= 11 is 0. The highest BCUT2D eigenvalue weighted by Crippen LogP contribution is 2.19. The van der Waals surface area contributed by atoms with Crippen molar-refractivity contribution in [2.75, 3.05) is 0 Å². The molecule has 0 aliphatic carbocycles. The molecule has 21 heavy (non-hydrogen) atoms. The van der Waals surface area contributed by atoms with Crippen molar-refractivity contribution in [2.45, 2.75) is 33.3 Å². The van der Waals surface area contributed by atoms with E-state index in [1.54, 1.807) is 24.3 Å². The SMILES string of the molecule is CCCc1ccc(COc2ccc(OC(C)=O)cc2)cc1. The molecule has 0 aliphatic heterocycles. The quantitative estimate of drug-likeness (QED) is 0.590. The van der Waals surface area contributed by atoms with E-state index in [0.29, 0.717) is 12.4 Å². The van der Waals surface area contributed by atoms with Crippen LogP contribution in [0, 0.1) is 0 Å². The van der Waals surface area contributed by atoms with Gasteiger partial charge in [-0.15, -0.1) is 0 Å². The van der Waals surface area contributed by atoms with E-state index in [0.717, 1.165) is 24.2 Å². The molecule has 0 bridgehead atoms. The van der Waals surface area contributed by atoms with E-state index < -0.39 is 0 Å². The van der Waals surface area contributed by atoms with Crippen LogP contribution in [0.3, 0.4) is 0 Å². The molecule has 2 aromatic carbocycles. The maximum absolute atomic E-state index is 10.8. The van der Waals surface area contributed by atoms with Crippen LogP contribution in [-0.4, -0.2) is 5.97 Å². The number of carbonyl (C=O) groups excluding carboxylic acids is 1. The molecule has 2 rings (SSSR count). The van der Waals surface area contributed by atoms with E-state index in [1.807, 2.05) is 0 Å². The summed E-state index contributed by atoms with van der Waals surface area (Å²) < 4.78 is 10.7. The fraction of sp³-hybridized carbons (Fsp3) is 0.278. The minimum atomic E-state index is -0.323. The van der Waals surface area contributed by atoms with Gasteiger partial charge in [-0.1, -0.05) is 37.6 Å². The number of rotatable bonds is 6. The highest BCUT2D eigenvalue weighted by molar-refractivity contribution is 5.69. The van der Waals surface area contributed by atoms with Crippen molar-refractivity contribution < 1.29 is 14.3 Å². The fourth-order valence-electron chi connectivity index (χ4n) is 2.03. The normalized spacial score (nSPS) is 10.2. The van der Waals surface area contributed by atoms with Crippen molar-refractivity contribution >= 4 is 5.97 Å². The number of ether oxygens (including phenoxy) is 2. The third kappa shape index (κ3) is 4.95. The van der Waals surface area contributed by atoms with E-state index in [2.05, 4.69) is 31.2 Å². The molecule has 0 spiro atoms. The molecular formula is C18H20O3. The number of hydrogen-bond donors (Lipinski definition) is 0. The van der Waals surface area contributed by atoms with E-state index in [1.165, 1.54) is 12.5 Å². The summed E-state index contributed by atoms with van der Waals surface area (Å²) in [6, 6.07) is 15.5. The summed E-state index contributed by atoms with van der Waals surface area (Å²) in [6.07, 6.45) is 2.27. The minimum Gasteiger partial charge on any atom is -0.489 e. The first-order valence-electron chi connectivity index (χ1n) is 7.16. The zero-order chi connectivity index (χ0) is 15.1. The average molecular weight is 284 g/mol. The van der Waals surface area contributed by atoms with Gasteiger partial charge in [-0.3, -0.25) is 4.79 Å². The molecule has 3 heteroatoms. The van der Waals surface area contributed by atoms with Gasteiger partial charge >= 0.3 is 5.97 Å². The summed E-state index contributed by atoms with van der Waals surface area (Å²) in [7, 11) is 0. The summed E-state index contributed by atoms with van der Waals surface area (Å²) in [4.78, 5) is 10.8. The summed E-state index contributed by atoms with van der Waals surface area (Å²) in [5.41, 5.74) is 2.49. The van der Waals surface area contributed by atoms with Gasteiger partial charge in [0.2, 0.25) is 0 Å². The van der Waals surface area contributed by atoms with Crippen LogP contribution < -0.4 is 9.47 Å².